The monoisotopic (exact) mass is 464 g/mol. The van der Waals surface area contributed by atoms with E-state index < -0.39 is 5.91 Å². The molecule has 1 fully saturated rings. The Bertz CT molecular complexity index is 1140. The number of nitrogens with zero attached hydrogens (tertiary/aromatic N) is 5. The highest BCUT2D eigenvalue weighted by atomic mass is 16.5. The van der Waals surface area contributed by atoms with Gasteiger partial charge in [0.1, 0.15) is 0 Å². The third-order valence-corrected chi connectivity index (χ3v) is 6.66. The minimum atomic E-state index is -0.630. The molecule has 0 atom stereocenters. The minimum Gasteiger partial charge on any atom is -0.350 e. The third-order valence-electron chi connectivity index (χ3n) is 6.66. The van der Waals surface area contributed by atoms with Crippen LogP contribution in [0.5, 0.6) is 0 Å². The molecule has 180 valence electrons. The topological polar surface area (TPSA) is 104 Å². The predicted molar refractivity (Wildman–Crippen MR) is 130 cm³/mol. The van der Waals surface area contributed by atoms with E-state index >= 15 is 0 Å². The number of piperidine rings is 1. The molecule has 0 bridgehead atoms. The molecule has 0 spiro atoms. The average Bonchev–Trinajstić information content (AvgIpc) is 3.21. The van der Waals surface area contributed by atoms with E-state index in [-0.39, 0.29) is 11.5 Å². The molecule has 2 N–H and O–H groups in total. The number of amides is 2. The van der Waals surface area contributed by atoms with Crippen molar-refractivity contribution in [3.63, 3.8) is 0 Å². The van der Waals surface area contributed by atoms with Gasteiger partial charge in [-0.3, -0.25) is 14.8 Å². The summed E-state index contributed by atoms with van der Waals surface area (Å²) < 4.78 is 2.15. The van der Waals surface area contributed by atoms with Crippen molar-refractivity contribution >= 4 is 28.7 Å². The van der Waals surface area contributed by atoms with Gasteiger partial charge in [0, 0.05) is 69.1 Å². The molecular weight excluding hydrogens is 432 g/mol. The lowest BCUT2D eigenvalue weighted by molar-refractivity contribution is -0.131. The Labute approximate surface area is 199 Å². The van der Waals surface area contributed by atoms with Crippen LogP contribution < -0.4 is 10.4 Å². The number of anilines is 1. The van der Waals surface area contributed by atoms with Gasteiger partial charge in [-0.05, 0) is 36.8 Å². The van der Waals surface area contributed by atoms with E-state index in [1.165, 1.54) is 28.9 Å². The Kier molecular flexibility index (Phi) is 7.42. The molecule has 9 heteroatoms. The van der Waals surface area contributed by atoms with Gasteiger partial charge in [0.05, 0.1) is 5.56 Å². The summed E-state index contributed by atoms with van der Waals surface area (Å²) in [4.78, 5) is 36.8. The normalized spacial score (nSPS) is 14.4. The highest BCUT2D eigenvalue weighted by Crippen LogP contribution is 2.24. The summed E-state index contributed by atoms with van der Waals surface area (Å²) in [6.45, 7) is 5.01. The van der Waals surface area contributed by atoms with Crippen LogP contribution in [0.1, 0.15) is 42.1 Å². The number of hydrogen-bond acceptors (Lipinski definition) is 6. The molecule has 1 aliphatic rings. The molecule has 0 radical (unpaired) electrons. The van der Waals surface area contributed by atoms with Crippen molar-refractivity contribution in [2.75, 3.05) is 31.1 Å². The summed E-state index contributed by atoms with van der Waals surface area (Å²) in [6, 6.07) is 8.39. The maximum Gasteiger partial charge on any atom is 0.277 e. The van der Waals surface area contributed by atoms with Gasteiger partial charge in [-0.2, -0.15) is 0 Å². The third kappa shape index (κ3) is 5.20. The Balaban J connectivity index is 1.34. The number of nitrogens with one attached hydrogen (secondary N) is 1. The highest BCUT2D eigenvalue weighted by Gasteiger charge is 2.25. The van der Waals surface area contributed by atoms with Crippen molar-refractivity contribution in [3.8, 4) is 0 Å². The summed E-state index contributed by atoms with van der Waals surface area (Å²) in [7, 11) is 2.06. The van der Waals surface area contributed by atoms with Crippen molar-refractivity contribution < 1.29 is 14.8 Å². The van der Waals surface area contributed by atoms with Crippen LogP contribution in [0.3, 0.4) is 0 Å². The van der Waals surface area contributed by atoms with Crippen LogP contribution in [0.4, 0.5) is 5.95 Å². The number of para-hydroxylation sites is 1. The Morgan fingerprint density at radius 2 is 1.88 bits per heavy atom. The number of rotatable bonds is 8. The van der Waals surface area contributed by atoms with Crippen molar-refractivity contribution in [1.82, 2.24) is 24.9 Å². The van der Waals surface area contributed by atoms with Crippen LogP contribution in [0, 0.1) is 5.92 Å². The summed E-state index contributed by atoms with van der Waals surface area (Å²) in [5, 5.41) is 9.97. The van der Waals surface area contributed by atoms with Gasteiger partial charge in [0.2, 0.25) is 11.9 Å². The van der Waals surface area contributed by atoms with E-state index in [1.807, 2.05) is 11.8 Å². The first kappa shape index (κ1) is 23.7. The minimum absolute atomic E-state index is 0.198. The second kappa shape index (κ2) is 10.6. The zero-order valence-corrected chi connectivity index (χ0v) is 19.8. The second-order valence-corrected chi connectivity index (χ2v) is 8.87. The fourth-order valence-corrected chi connectivity index (χ4v) is 4.72. The smallest absolute Gasteiger partial charge is 0.277 e. The van der Waals surface area contributed by atoms with Gasteiger partial charge in [-0.15, -0.1) is 0 Å². The van der Waals surface area contributed by atoms with E-state index in [2.05, 4.69) is 56.9 Å². The predicted octanol–water partition coefficient (Wildman–Crippen LogP) is 2.79. The molecule has 2 aromatic heterocycles. The molecule has 2 amide bonds. The number of carbonyl (C=O) groups is 2. The van der Waals surface area contributed by atoms with Gasteiger partial charge in [-0.25, -0.2) is 15.4 Å². The summed E-state index contributed by atoms with van der Waals surface area (Å²) in [6.07, 6.45) is 8.24. The fraction of sp³-hybridized carbons (Fsp3) is 0.440. The molecule has 3 aromatic rings. The molecule has 34 heavy (non-hydrogen) atoms. The van der Waals surface area contributed by atoms with E-state index in [1.54, 1.807) is 5.48 Å². The van der Waals surface area contributed by atoms with Crippen LogP contribution >= 0.6 is 0 Å². The fourth-order valence-electron chi connectivity index (χ4n) is 4.72. The number of aryl methyl sites for hydroxylation is 1. The standard InChI is InChI=1S/C25H32N6O3/c1-3-23(32)31(13-10-19-17-29(2)22-7-5-4-6-21(19)22)16-18-8-11-30(12-9-18)25-26-14-20(15-27-25)24(33)28-34/h4-7,14-15,17-18,34H,3,8-13,16H2,1-2H3,(H,28,33). The van der Waals surface area contributed by atoms with Crippen LogP contribution in [0.2, 0.25) is 0 Å². The number of hydroxylamine groups is 1. The Morgan fingerprint density at radius 1 is 1.18 bits per heavy atom. The molecule has 0 saturated carbocycles. The summed E-state index contributed by atoms with van der Waals surface area (Å²) in [5.74, 6) is 0.572. The lowest BCUT2D eigenvalue weighted by Gasteiger charge is -2.35. The van der Waals surface area contributed by atoms with Crippen LogP contribution in [-0.4, -0.2) is 62.6 Å². The largest absolute Gasteiger partial charge is 0.350 e. The van der Waals surface area contributed by atoms with Gasteiger partial charge in [0.15, 0.2) is 0 Å². The quantitative estimate of drug-likeness (QED) is 0.393. The van der Waals surface area contributed by atoms with Gasteiger partial charge in [-0.1, -0.05) is 25.1 Å². The molecule has 0 unspecified atom stereocenters. The summed E-state index contributed by atoms with van der Waals surface area (Å²) >= 11 is 0. The lowest BCUT2D eigenvalue weighted by Crippen LogP contribution is -2.42. The molecule has 3 heterocycles. The first-order valence-electron chi connectivity index (χ1n) is 11.8. The Hall–Kier alpha value is -3.46. The van der Waals surface area contributed by atoms with Crippen molar-refractivity contribution in [1.29, 1.82) is 0 Å². The van der Waals surface area contributed by atoms with Gasteiger partial charge >= 0.3 is 0 Å². The van der Waals surface area contributed by atoms with Crippen molar-refractivity contribution in [2.45, 2.75) is 32.6 Å². The first-order valence-corrected chi connectivity index (χ1v) is 11.8. The maximum atomic E-state index is 12.7. The van der Waals surface area contributed by atoms with Crippen LogP contribution in [0.15, 0.2) is 42.9 Å². The first-order chi connectivity index (χ1) is 16.5. The van der Waals surface area contributed by atoms with Crippen molar-refractivity contribution in [3.05, 3.63) is 54.0 Å². The van der Waals surface area contributed by atoms with Crippen LogP contribution in [-0.2, 0) is 18.3 Å². The molecular formula is C25H32N6O3. The molecule has 4 rings (SSSR count). The van der Waals surface area contributed by atoms with E-state index in [0.717, 1.165) is 45.4 Å². The average molecular weight is 465 g/mol. The Morgan fingerprint density at radius 3 is 2.56 bits per heavy atom. The maximum absolute atomic E-state index is 12.7. The van der Waals surface area contributed by atoms with Crippen LogP contribution in [0.25, 0.3) is 10.9 Å². The molecule has 1 aliphatic heterocycles. The molecule has 0 aliphatic carbocycles. The molecule has 1 aromatic carbocycles. The number of aromatic nitrogens is 3. The lowest BCUT2D eigenvalue weighted by atomic mass is 9.96. The van der Waals surface area contributed by atoms with E-state index in [0.29, 0.717) is 18.3 Å². The SMILES string of the molecule is CCC(=O)N(CCc1cn(C)c2ccccc12)CC1CCN(c2ncc(C(=O)NO)cn2)CC1. The number of hydrogen-bond donors (Lipinski definition) is 2. The zero-order valence-electron chi connectivity index (χ0n) is 19.8. The second-order valence-electron chi connectivity index (χ2n) is 8.87. The van der Waals surface area contributed by atoms with E-state index in [9.17, 15) is 9.59 Å². The number of benzene rings is 1. The van der Waals surface area contributed by atoms with Gasteiger partial charge < -0.3 is 14.4 Å². The zero-order chi connectivity index (χ0) is 24.1. The number of carbonyl (C=O) groups excluding carboxylic acids is 2. The summed E-state index contributed by atoms with van der Waals surface area (Å²) in [5.41, 5.74) is 4.28. The molecule has 9 nitrogen and oxygen atoms in total. The molecule has 1 saturated heterocycles. The highest BCUT2D eigenvalue weighted by molar-refractivity contribution is 5.92. The van der Waals surface area contributed by atoms with E-state index in [4.69, 9.17) is 5.21 Å². The van der Waals surface area contributed by atoms with Crippen molar-refractivity contribution in [2.24, 2.45) is 13.0 Å². The number of fused-ring (bicyclic) bond motifs is 1. The van der Waals surface area contributed by atoms with Gasteiger partial charge in [0.25, 0.3) is 5.91 Å².